The van der Waals surface area contributed by atoms with Crippen molar-refractivity contribution in [1.82, 2.24) is 14.9 Å². The lowest BCUT2D eigenvalue weighted by molar-refractivity contribution is 0.0958. The van der Waals surface area contributed by atoms with Crippen LogP contribution in [-0.4, -0.2) is 22.0 Å². The standard InChI is InChI=1S/C19H17N3O2/c1-3-12-20-18(23)14-8-10-15(11-9-14)22-13(2)21-17-7-5-4-6-16(17)19(22)24/h3-11H,1,12H2,2H3,(H,20,23). The summed E-state index contributed by atoms with van der Waals surface area (Å²) >= 11 is 0. The van der Waals surface area contributed by atoms with Crippen molar-refractivity contribution in [3.05, 3.63) is 82.9 Å². The highest BCUT2D eigenvalue weighted by molar-refractivity contribution is 5.94. The Morgan fingerprint density at radius 1 is 1.21 bits per heavy atom. The van der Waals surface area contributed by atoms with Crippen LogP contribution in [0.1, 0.15) is 16.2 Å². The minimum Gasteiger partial charge on any atom is -0.349 e. The van der Waals surface area contributed by atoms with Gasteiger partial charge < -0.3 is 5.32 Å². The topological polar surface area (TPSA) is 64.0 Å². The molecular formula is C19H17N3O2. The number of carbonyl (C=O) groups excluding carboxylic acids is 1. The molecular weight excluding hydrogens is 302 g/mol. The molecule has 0 atom stereocenters. The second-order valence-corrected chi connectivity index (χ2v) is 5.36. The van der Waals surface area contributed by atoms with Gasteiger partial charge in [-0.1, -0.05) is 18.2 Å². The highest BCUT2D eigenvalue weighted by atomic mass is 16.1. The van der Waals surface area contributed by atoms with Crippen molar-refractivity contribution in [1.29, 1.82) is 0 Å². The Bertz CT molecular complexity index is 972. The Morgan fingerprint density at radius 3 is 2.62 bits per heavy atom. The predicted octanol–water partition coefficient (Wildman–Crippen LogP) is 2.61. The van der Waals surface area contributed by atoms with Gasteiger partial charge in [0, 0.05) is 12.1 Å². The highest BCUT2D eigenvalue weighted by Crippen LogP contribution is 2.13. The molecule has 0 bridgehead atoms. The van der Waals surface area contributed by atoms with E-state index in [4.69, 9.17) is 0 Å². The molecule has 3 aromatic rings. The third-order valence-electron chi connectivity index (χ3n) is 3.74. The fraction of sp³-hybridized carbons (Fsp3) is 0.105. The third-order valence-corrected chi connectivity index (χ3v) is 3.74. The maximum absolute atomic E-state index is 12.7. The van der Waals surface area contributed by atoms with E-state index in [0.717, 1.165) is 0 Å². The van der Waals surface area contributed by atoms with Crippen LogP contribution in [0.3, 0.4) is 0 Å². The second kappa shape index (κ2) is 6.50. The summed E-state index contributed by atoms with van der Waals surface area (Å²) < 4.78 is 1.55. The number of hydrogen-bond acceptors (Lipinski definition) is 3. The number of carbonyl (C=O) groups is 1. The van der Waals surface area contributed by atoms with E-state index in [2.05, 4.69) is 16.9 Å². The predicted molar refractivity (Wildman–Crippen MR) is 94.6 cm³/mol. The first kappa shape index (κ1) is 15.7. The number of rotatable bonds is 4. The summed E-state index contributed by atoms with van der Waals surface area (Å²) in [7, 11) is 0. The highest BCUT2D eigenvalue weighted by Gasteiger charge is 2.10. The maximum atomic E-state index is 12.7. The Labute approximate surface area is 139 Å². The molecule has 5 nitrogen and oxygen atoms in total. The molecule has 0 aliphatic carbocycles. The molecule has 0 unspecified atom stereocenters. The molecule has 1 heterocycles. The molecule has 1 N–H and O–H groups in total. The first-order chi connectivity index (χ1) is 11.6. The van der Waals surface area contributed by atoms with E-state index in [1.54, 1.807) is 47.9 Å². The quantitative estimate of drug-likeness (QED) is 0.752. The molecule has 120 valence electrons. The van der Waals surface area contributed by atoms with Crippen molar-refractivity contribution >= 4 is 16.8 Å². The SMILES string of the molecule is C=CCNC(=O)c1ccc(-n2c(C)nc3ccccc3c2=O)cc1. The summed E-state index contributed by atoms with van der Waals surface area (Å²) in [5.41, 5.74) is 1.76. The van der Waals surface area contributed by atoms with Crippen molar-refractivity contribution in [3.8, 4) is 5.69 Å². The Hall–Kier alpha value is -3.21. The molecule has 0 aliphatic heterocycles. The van der Waals surface area contributed by atoms with Crippen molar-refractivity contribution < 1.29 is 4.79 Å². The minimum absolute atomic E-state index is 0.123. The van der Waals surface area contributed by atoms with Gasteiger partial charge in [-0.3, -0.25) is 14.2 Å². The van der Waals surface area contributed by atoms with Crippen LogP contribution in [0.2, 0.25) is 0 Å². The zero-order chi connectivity index (χ0) is 17.1. The third kappa shape index (κ3) is 2.84. The summed E-state index contributed by atoms with van der Waals surface area (Å²) in [4.78, 5) is 29.1. The van der Waals surface area contributed by atoms with Crippen LogP contribution in [0.5, 0.6) is 0 Å². The van der Waals surface area contributed by atoms with Crippen LogP contribution in [0, 0.1) is 6.92 Å². The van der Waals surface area contributed by atoms with E-state index in [-0.39, 0.29) is 11.5 Å². The van der Waals surface area contributed by atoms with Gasteiger partial charge in [0.2, 0.25) is 0 Å². The smallest absolute Gasteiger partial charge is 0.265 e. The Kier molecular flexibility index (Phi) is 4.24. The summed E-state index contributed by atoms with van der Waals surface area (Å²) in [6, 6.07) is 14.1. The van der Waals surface area contributed by atoms with Gasteiger partial charge in [-0.2, -0.15) is 0 Å². The van der Waals surface area contributed by atoms with Crippen LogP contribution in [0.15, 0.2) is 66.0 Å². The van der Waals surface area contributed by atoms with Crippen LogP contribution in [0.25, 0.3) is 16.6 Å². The molecule has 5 heteroatoms. The van der Waals surface area contributed by atoms with Crippen LogP contribution in [0.4, 0.5) is 0 Å². The second-order valence-electron chi connectivity index (χ2n) is 5.36. The molecule has 0 fully saturated rings. The van der Waals surface area contributed by atoms with Gasteiger partial charge in [0.1, 0.15) is 5.82 Å². The fourth-order valence-electron chi connectivity index (χ4n) is 2.58. The van der Waals surface area contributed by atoms with Crippen molar-refractivity contribution in [2.45, 2.75) is 6.92 Å². The average Bonchev–Trinajstić information content (AvgIpc) is 2.60. The van der Waals surface area contributed by atoms with Crippen molar-refractivity contribution in [2.24, 2.45) is 0 Å². The van der Waals surface area contributed by atoms with Gasteiger partial charge in [0.15, 0.2) is 0 Å². The minimum atomic E-state index is -0.179. The number of aryl methyl sites for hydroxylation is 1. The van der Waals surface area contributed by atoms with Crippen LogP contribution in [-0.2, 0) is 0 Å². The van der Waals surface area contributed by atoms with Crippen molar-refractivity contribution in [2.75, 3.05) is 6.54 Å². The number of fused-ring (bicyclic) bond motifs is 1. The van der Waals surface area contributed by atoms with Gasteiger partial charge in [0.05, 0.1) is 16.6 Å². The number of hydrogen-bond donors (Lipinski definition) is 1. The van der Waals surface area contributed by atoms with Gasteiger partial charge in [-0.15, -0.1) is 6.58 Å². The zero-order valence-corrected chi connectivity index (χ0v) is 13.3. The molecule has 0 aliphatic rings. The van der Waals surface area contributed by atoms with E-state index in [0.29, 0.717) is 34.5 Å². The Morgan fingerprint density at radius 2 is 1.92 bits per heavy atom. The van der Waals surface area contributed by atoms with E-state index >= 15 is 0 Å². The van der Waals surface area contributed by atoms with Crippen molar-refractivity contribution in [3.63, 3.8) is 0 Å². The first-order valence-corrected chi connectivity index (χ1v) is 7.60. The molecule has 1 aromatic heterocycles. The summed E-state index contributed by atoms with van der Waals surface area (Å²) in [5, 5.41) is 3.28. The Balaban J connectivity index is 2.03. The molecule has 1 amide bonds. The van der Waals surface area contributed by atoms with Gasteiger partial charge >= 0.3 is 0 Å². The molecule has 0 radical (unpaired) electrons. The number of amides is 1. The van der Waals surface area contributed by atoms with Gasteiger partial charge in [0.25, 0.3) is 11.5 Å². The normalized spacial score (nSPS) is 10.5. The lowest BCUT2D eigenvalue weighted by Crippen LogP contribution is -2.24. The summed E-state index contributed by atoms with van der Waals surface area (Å²) in [6.07, 6.45) is 1.62. The fourth-order valence-corrected chi connectivity index (χ4v) is 2.58. The largest absolute Gasteiger partial charge is 0.349 e. The average molecular weight is 319 g/mol. The molecule has 0 spiro atoms. The lowest BCUT2D eigenvalue weighted by Gasteiger charge is -2.11. The summed E-state index contributed by atoms with van der Waals surface area (Å²) in [6.45, 7) is 5.77. The molecule has 3 rings (SSSR count). The lowest BCUT2D eigenvalue weighted by atomic mass is 10.2. The zero-order valence-electron chi connectivity index (χ0n) is 13.3. The number of nitrogens with zero attached hydrogens (tertiary/aromatic N) is 2. The maximum Gasteiger partial charge on any atom is 0.265 e. The first-order valence-electron chi connectivity index (χ1n) is 7.60. The van der Waals surface area contributed by atoms with E-state index in [1.165, 1.54) is 0 Å². The van der Waals surface area contributed by atoms with E-state index < -0.39 is 0 Å². The van der Waals surface area contributed by atoms with Gasteiger partial charge in [-0.05, 0) is 43.3 Å². The molecule has 2 aromatic carbocycles. The number of aromatic nitrogens is 2. The van der Waals surface area contributed by atoms with Crippen LogP contribution < -0.4 is 10.9 Å². The molecule has 0 saturated heterocycles. The van der Waals surface area contributed by atoms with E-state index in [9.17, 15) is 9.59 Å². The number of nitrogens with one attached hydrogen (secondary N) is 1. The number of benzene rings is 2. The number of para-hydroxylation sites is 1. The van der Waals surface area contributed by atoms with Gasteiger partial charge in [-0.25, -0.2) is 4.98 Å². The molecule has 0 saturated carbocycles. The molecule has 24 heavy (non-hydrogen) atoms. The monoisotopic (exact) mass is 319 g/mol. The summed E-state index contributed by atoms with van der Waals surface area (Å²) in [5.74, 6) is 0.421. The van der Waals surface area contributed by atoms with E-state index in [1.807, 2.05) is 18.2 Å². The van der Waals surface area contributed by atoms with Crippen LogP contribution >= 0.6 is 0 Å².